The fourth-order valence-electron chi connectivity index (χ4n) is 1.81. The van der Waals surface area contributed by atoms with Gasteiger partial charge >= 0.3 is 0 Å². The third kappa shape index (κ3) is 1.06. The maximum Gasteiger partial charge on any atom is 0.0688 e. The summed E-state index contributed by atoms with van der Waals surface area (Å²) in [6.45, 7) is 3.95. The quantitative estimate of drug-likeness (QED) is 0.524. The van der Waals surface area contributed by atoms with Crippen molar-refractivity contribution in [2.75, 3.05) is 0 Å². The first-order valence-corrected chi connectivity index (χ1v) is 3.18. The summed E-state index contributed by atoms with van der Waals surface area (Å²) in [7, 11) is 0. The topological polar surface area (TPSA) is 49.8 Å². The molecular weight excluding hydrogens is 112 g/mol. The summed E-state index contributed by atoms with van der Waals surface area (Å²) >= 11 is 0. The second kappa shape index (κ2) is 1.48. The van der Waals surface area contributed by atoms with Gasteiger partial charge in [-0.15, -0.1) is 0 Å². The molecule has 0 heterocycles. The Balaban J connectivity index is 2.54. The molecule has 50 valence electrons. The van der Waals surface area contributed by atoms with Gasteiger partial charge < -0.3 is 5.73 Å². The molecule has 2 heteroatoms. The molecule has 9 heavy (non-hydrogen) atoms. The van der Waals surface area contributed by atoms with Crippen LogP contribution in [-0.4, -0.2) is 5.54 Å². The summed E-state index contributed by atoms with van der Waals surface area (Å²) < 4.78 is 0. The standard InChI is InChI=1S/C7H12N2/c1-6(5-8)3-7(2,9)4-6/h3-4,9H2,1-2H3. The van der Waals surface area contributed by atoms with Crippen LogP contribution in [0.5, 0.6) is 0 Å². The van der Waals surface area contributed by atoms with E-state index < -0.39 is 0 Å². The minimum atomic E-state index is -0.122. The van der Waals surface area contributed by atoms with Gasteiger partial charge in [-0.1, -0.05) is 0 Å². The first kappa shape index (κ1) is 6.57. The molecule has 1 aliphatic carbocycles. The van der Waals surface area contributed by atoms with Crippen LogP contribution in [0.15, 0.2) is 0 Å². The van der Waals surface area contributed by atoms with Gasteiger partial charge in [0.2, 0.25) is 0 Å². The average Bonchev–Trinajstić information content (AvgIpc) is 1.61. The summed E-state index contributed by atoms with van der Waals surface area (Å²) in [5.41, 5.74) is 5.54. The van der Waals surface area contributed by atoms with Crippen LogP contribution >= 0.6 is 0 Å². The smallest absolute Gasteiger partial charge is 0.0688 e. The highest BCUT2D eigenvalue weighted by atomic mass is 14.8. The second-order valence-electron chi connectivity index (χ2n) is 3.68. The van der Waals surface area contributed by atoms with E-state index in [1.54, 1.807) is 0 Å². The fourth-order valence-corrected chi connectivity index (χ4v) is 1.81. The molecule has 2 N–H and O–H groups in total. The molecular formula is C7H12N2. The van der Waals surface area contributed by atoms with Crippen LogP contribution in [0.4, 0.5) is 0 Å². The summed E-state index contributed by atoms with van der Waals surface area (Å²) in [5.74, 6) is 0. The van der Waals surface area contributed by atoms with E-state index in [0.717, 1.165) is 12.8 Å². The van der Waals surface area contributed by atoms with Gasteiger partial charge in [-0.25, -0.2) is 0 Å². The zero-order valence-electron chi connectivity index (χ0n) is 5.94. The molecule has 1 saturated carbocycles. The molecule has 0 bridgehead atoms. The summed E-state index contributed by atoms with van der Waals surface area (Å²) in [4.78, 5) is 0. The van der Waals surface area contributed by atoms with E-state index in [2.05, 4.69) is 6.07 Å². The van der Waals surface area contributed by atoms with E-state index >= 15 is 0 Å². The first-order chi connectivity index (χ1) is 3.97. The van der Waals surface area contributed by atoms with E-state index in [4.69, 9.17) is 11.0 Å². The highest BCUT2D eigenvalue weighted by Crippen LogP contribution is 2.45. The van der Waals surface area contributed by atoms with Crippen molar-refractivity contribution < 1.29 is 0 Å². The van der Waals surface area contributed by atoms with E-state index in [-0.39, 0.29) is 11.0 Å². The molecule has 1 fully saturated rings. The number of nitrogens with zero attached hydrogens (tertiary/aromatic N) is 1. The highest BCUT2D eigenvalue weighted by Gasteiger charge is 2.46. The van der Waals surface area contributed by atoms with Crippen molar-refractivity contribution in [3.05, 3.63) is 0 Å². The Kier molecular flexibility index (Phi) is 1.08. The first-order valence-electron chi connectivity index (χ1n) is 3.18. The normalized spacial score (nSPS) is 49.6. The van der Waals surface area contributed by atoms with Crippen molar-refractivity contribution in [1.82, 2.24) is 0 Å². The third-order valence-electron chi connectivity index (χ3n) is 1.86. The lowest BCUT2D eigenvalue weighted by Crippen LogP contribution is -2.54. The number of nitrogens with two attached hydrogens (primary N) is 1. The fraction of sp³-hybridized carbons (Fsp3) is 0.857. The van der Waals surface area contributed by atoms with Gasteiger partial charge in [0.15, 0.2) is 0 Å². The Bertz CT molecular complexity index is 156. The van der Waals surface area contributed by atoms with Gasteiger partial charge in [-0.2, -0.15) is 5.26 Å². The zero-order valence-corrected chi connectivity index (χ0v) is 5.94. The molecule has 0 unspecified atom stereocenters. The Hall–Kier alpha value is -0.550. The van der Waals surface area contributed by atoms with E-state index in [9.17, 15) is 0 Å². The van der Waals surface area contributed by atoms with Crippen LogP contribution in [0, 0.1) is 16.7 Å². The summed E-state index contributed by atoms with van der Waals surface area (Å²) in [5, 5.41) is 8.57. The van der Waals surface area contributed by atoms with E-state index in [1.165, 1.54) is 0 Å². The third-order valence-corrected chi connectivity index (χ3v) is 1.86. The molecule has 0 aromatic carbocycles. The largest absolute Gasteiger partial charge is 0.325 e. The van der Waals surface area contributed by atoms with Gasteiger partial charge in [0.1, 0.15) is 0 Å². The molecule has 0 radical (unpaired) electrons. The number of rotatable bonds is 0. The SMILES string of the molecule is CC1(N)CC(C)(C#N)C1. The zero-order chi connectivity index (χ0) is 7.12. The lowest BCUT2D eigenvalue weighted by atomic mass is 9.60. The number of hydrogen-bond donors (Lipinski definition) is 1. The molecule has 0 saturated heterocycles. The number of hydrogen-bond acceptors (Lipinski definition) is 2. The Morgan fingerprint density at radius 2 is 1.89 bits per heavy atom. The van der Waals surface area contributed by atoms with Crippen molar-refractivity contribution in [3.63, 3.8) is 0 Å². The summed E-state index contributed by atoms with van der Waals surface area (Å²) in [6.07, 6.45) is 1.69. The lowest BCUT2D eigenvalue weighted by Gasteiger charge is -2.46. The van der Waals surface area contributed by atoms with Crippen LogP contribution in [0.1, 0.15) is 26.7 Å². The molecule has 1 aliphatic rings. The molecule has 0 aromatic heterocycles. The van der Waals surface area contributed by atoms with Crippen LogP contribution in [0.2, 0.25) is 0 Å². The maximum absolute atomic E-state index is 8.57. The van der Waals surface area contributed by atoms with Crippen molar-refractivity contribution in [1.29, 1.82) is 5.26 Å². The molecule has 0 atom stereocenters. The van der Waals surface area contributed by atoms with E-state index in [1.807, 2.05) is 13.8 Å². The Morgan fingerprint density at radius 3 is 2.00 bits per heavy atom. The minimum absolute atomic E-state index is 0.0650. The van der Waals surface area contributed by atoms with Crippen LogP contribution in [0.25, 0.3) is 0 Å². The van der Waals surface area contributed by atoms with Crippen molar-refractivity contribution in [3.8, 4) is 6.07 Å². The van der Waals surface area contributed by atoms with Gasteiger partial charge in [0, 0.05) is 5.54 Å². The molecule has 2 nitrogen and oxygen atoms in total. The van der Waals surface area contributed by atoms with Gasteiger partial charge in [-0.05, 0) is 26.7 Å². The van der Waals surface area contributed by atoms with Gasteiger partial charge in [-0.3, -0.25) is 0 Å². The monoisotopic (exact) mass is 124 g/mol. The van der Waals surface area contributed by atoms with E-state index in [0.29, 0.717) is 0 Å². The molecule has 0 aromatic rings. The van der Waals surface area contributed by atoms with Crippen LogP contribution in [-0.2, 0) is 0 Å². The lowest BCUT2D eigenvalue weighted by molar-refractivity contribution is 0.116. The highest BCUT2D eigenvalue weighted by molar-refractivity contribution is 5.12. The predicted molar refractivity (Wildman–Crippen MR) is 35.5 cm³/mol. The van der Waals surface area contributed by atoms with Crippen molar-refractivity contribution in [2.45, 2.75) is 32.2 Å². The van der Waals surface area contributed by atoms with Crippen molar-refractivity contribution in [2.24, 2.45) is 11.1 Å². The Labute approximate surface area is 55.7 Å². The second-order valence-corrected chi connectivity index (χ2v) is 3.68. The Morgan fingerprint density at radius 1 is 1.44 bits per heavy atom. The maximum atomic E-state index is 8.57. The van der Waals surface area contributed by atoms with Gasteiger partial charge in [0.25, 0.3) is 0 Å². The van der Waals surface area contributed by atoms with Crippen molar-refractivity contribution >= 4 is 0 Å². The summed E-state index contributed by atoms with van der Waals surface area (Å²) in [6, 6.07) is 2.25. The van der Waals surface area contributed by atoms with Gasteiger partial charge in [0.05, 0.1) is 11.5 Å². The minimum Gasteiger partial charge on any atom is -0.325 e. The van der Waals surface area contributed by atoms with Crippen LogP contribution < -0.4 is 5.73 Å². The van der Waals surface area contributed by atoms with Crippen LogP contribution in [0.3, 0.4) is 0 Å². The average molecular weight is 124 g/mol. The molecule has 0 amide bonds. The molecule has 0 spiro atoms. The number of nitriles is 1. The molecule has 1 rings (SSSR count). The predicted octanol–water partition coefficient (Wildman–Crippen LogP) is 1.03. The molecule has 0 aliphatic heterocycles.